The zero-order chi connectivity index (χ0) is 19.4. The van der Waals surface area contributed by atoms with E-state index in [1.807, 2.05) is 0 Å². The van der Waals surface area contributed by atoms with E-state index in [1.54, 1.807) is 6.08 Å². The molecule has 148 valence electrons. The van der Waals surface area contributed by atoms with Gasteiger partial charge < -0.3 is 9.84 Å². The smallest absolute Gasteiger partial charge is 0.308 e. The van der Waals surface area contributed by atoms with Crippen molar-refractivity contribution in [2.45, 2.75) is 65.4 Å². The normalized spacial score (nSPS) is 45.6. The molecule has 0 unspecified atom stereocenters. The molecule has 0 radical (unpaired) electrons. The maximum absolute atomic E-state index is 12.1. The first-order valence-corrected chi connectivity index (χ1v) is 10.5. The van der Waals surface area contributed by atoms with Crippen LogP contribution in [0.4, 0.5) is 0 Å². The van der Waals surface area contributed by atoms with Crippen LogP contribution in [0, 0.1) is 34.5 Å². The van der Waals surface area contributed by atoms with Crippen molar-refractivity contribution in [3.8, 4) is 0 Å². The number of carbonyl (C=O) groups excluding carboxylic acids is 2. The number of carbonyl (C=O) groups is 2. The van der Waals surface area contributed by atoms with Gasteiger partial charge in [0.05, 0.1) is 13.0 Å². The molecule has 27 heavy (non-hydrogen) atoms. The summed E-state index contributed by atoms with van der Waals surface area (Å²) < 4.78 is 5.89. The molecule has 0 aromatic carbocycles. The maximum Gasteiger partial charge on any atom is 0.308 e. The topological polar surface area (TPSA) is 63.6 Å². The zero-order valence-corrected chi connectivity index (χ0v) is 16.7. The Balaban J connectivity index is 1.61. The third-order valence-electron chi connectivity index (χ3n) is 8.32. The summed E-state index contributed by atoms with van der Waals surface area (Å²) in [5.74, 6) is 1.99. The quantitative estimate of drug-likeness (QED) is 0.604. The monoisotopic (exact) mass is 372 g/mol. The van der Waals surface area contributed by atoms with Crippen LogP contribution in [-0.4, -0.2) is 29.6 Å². The van der Waals surface area contributed by atoms with Gasteiger partial charge in [-0.2, -0.15) is 0 Å². The Morgan fingerprint density at radius 2 is 2.11 bits per heavy atom. The van der Waals surface area contributed by atoms with E-state index in [4.69, 9.17) is 9.84 Å². The molecule has 0 saturated heterocycles. The van der Waals surface area contributed by atoms with Crippen molar-refractivity contribution < 1.29 is 19.4 Å². The molecule has 0 amide bonds. The molecule has 7 atom stereocenters. The molecule has 0 heterocycles. The molecule has 1 N–H and O–H groups in total. The second-order valence-corrected chi connectivity index (χ2v) is 9.74. The molecule has 0 aromatic heterocycles. The fourth-order valence-corrected chi connectivity index (χ4v) is 6.96. The maximum atomic E-state index is 12.1. The highest BCUT2D eigenvalue weighted by molar-refractivity contribution is 5.93. The van der Waals surface area contributed by atoms with E-state index in [-0.39, 0.29) is 41.7 Å². The van der Waals surface area contributed by atoms with Gasteiger partial charge in [-0.25, -0.2) is 0 Å². The van der Waals surface area contributed by atoms with Gasteiger partial charge in [0.15, 0.2) is 5.78 Å². The van der Waals surface area contributed by atoms with Crippen LogP contribution in [0.2, 0.25) is 0 Å². The second kappa shape index (κ2) is 6.58. The van der Waals surface area contributed by atoms with Crippen molar-refractivity contribution in [1.82, 2.24) is 0 Å². The highest BCUT2D eigenvalue weighted by Gasteiger charge is 2.61. The molecule has 4 aliphatic rings. The number of hydrogen-bond acceptors (Lipinski definition) is 4. The highest BCUT2D eigenvalue weighted by atomic mass is 16.5. The predicted octanol–water partition coefficient (Wildman–Crippen LogP) is 3.83. The average Bonchev–Trinajstić information content (AvgIpc) is 2.87. The summed E-state index contributed by atoms with van der Waals surface area (Å²) in [5, 5.41) is 9.05. The van der Waals surface area contributed by atoms with E-state index in [2.05, 4.69) is 32.9 Å². The van der Waals surface area contributed by atoms with Crippen molar-refractivity contribution in [3.05, 3.63) is 23.8 Å². The van der Waals surface area contributed by atoms with Crippen LogP contribution in [0.1, 0.15) is 59.3 Å². The molecule has 0 spiro atoms. The van der Waals surface area contributed by atoms with Crippen LogP contribution in [0.25, 0.3) is 0 Å². The van der Waals surface area contributed by atoms with Gasteiger partial charge in [-0.05, 0) is 55.4 Å². The van der Waals surface area contributed by atoms with Crippen LogP contribution >= 0.6 is 0 Å². The fourth-order valence-electron chi connectivity index (χ4n) is 6.96. The summed E-state index contributed by atoms with van der Waals surface area (Å²) in [4.78, 5) is 24.0. The molecule has 2 saturated carbocycles. The van der Waals surface area contributed by atoms with Gasteiger partial charge in [0, 0.05) is 17.3 Å². The van der Waals surface area contributed by atoms with Crippen LogP contribution in [-0.2, 0) is 14.3 Å². The standard InChI is InChI=1S/C23H32O4/c1-14-12-19-17-5-4-15-13-16(25)6-9-22(15,2)18(17)7-10-23(19,3)21(14)27-20(26)8-11-24/h4,6,9,14,17-19,21,24H,5,7-8,10-13H2,1-3H3/t14-,17-,18+,19+,21-,22+,23+/m1/s1. The van der Waals surface area contributed by atoms with E-state index in [1.165, 1.54) is 5.57 Å². The first-order valence-electron chi connectivity index (χ1n) is 10.5. The van der Waals surface area contributed by atoms with Crippen LogP contribution in [0.15, 0.2) is 23.8 Å². The third-order valence-corrected chi connectivity index (χ3v) is 8.32. The Morgan fingerprint density at radius 1 is 1.33 bits per heavy atom. The van der Waals surface area contributed by atoms with E-state index in [0.29, 0.717) is 30.1 Å². The Labute approximate surface area is 162 Å². The second-order valence-electron chi connectivity index (χ2n) is 9.74. The van der Waals surface area contributed by atoms with Crippen molar-refractivity contribution >= 4 is 11.8 Å². The summed E-state index contributed by atoms with van der Waals surface area (Å²) in [6.45, 7) is 6.69. The van der Waals surface area contributed by atoms with Crippen LogP contribution in [0.3, 0.4) is 0 Å². The summed E-state index contributed by atoms with van der Waals surface area (Å²) in [5.41, 5.74) is 1.34. The largest absolute Gasteiger partial charge is 0.461 e. The average molecular weight is 373 g/mol. The van der Waals surface area contributed by atoms with Crippen molar-refractivity contribution in [2.24, 2.45) is 34.5 Å². The minimum atomic E-state index is -0.273. The first kappa shape index (κ1) is 18.9. The number of fused-ring (bicyclic) bond motifs is 5. The van der Waals surface area contributed by atoms with Crippen molar-refractivity contribution in [1.29, 1.82) is 0 Å². The molecule has 2 fully saturated rings. The Hall–Kier alpha value is -1.42. The number of allylic oxidation sites excluding steroid dienone is 4. The highest BCUT2D eigenvalue weighted by Crippen LogP contribution is 2.65. The van der Waals surface area contributed by atoms with Gasteiger partial charge in [0.1, 0.15) is 6.10 Å². The molecule has 0 aromatic rings. The molecule has 4 aliphatic carbocycles. The number of hydrogen-bond donors (Lipinski definition) is 1. The number of ketones is 1. The van der Waals surface area contributed by atoms with E-state index >= 15 is 0 Å². The lowest BCUT2D eigenvalue weighted by Crippen LogP contribution is -2.50. The minimum absolute atomic E-state index is 0.00699. The number of esters is 1. The molecule has 4 nitrogen and oxygen atoms in total. The van der Waals surface area contributed by atoms with Gasteiger partial charge >= 0.3 is 5.97 Å². The van der Waals surface area contributed by atoms with Crippen LogP contribution in [0.5, 0.6) is 0 Å². The van der Waals surface area contributed by atoms with Crippen molar-refractivity contribution in [2.75, 3.05) is 6.61 Å². The lowest BCUT2D eigenvalue weighted by Gasteiger charge is -2.55. The predicted molar refractivity (Wildman–Crippen MR) is 103 cm³/mol. The Bertz CT molecular complexity index is 707. The third kappa shape index (κ3) is 2.83. The molecule has 0 aliphatic heterocycles. The first-order chi connectivity index (χ1) is 12.8. The van der Waals surface area contributed by atoms with E-state index < -0.39 is 0 Å². The molecular formula is C23H32O4. The fraction of sp³-hybridized carbons (Fsp3) is 0.739. The number of ether oxygens (including phenoxy) is 1. The number of rotatable bonds is 3. The van der Waals surface area contributed by atoms with Gasteiger partial charge in [-0.1, -0.05) is 38.5 Å². The summed E-state index contributed by atoms with van der Waals surface area (Å²) in [6, 6.07) is 0. The molecule has 4 rings (SSSR count). The van der Waals surface area contributed by atoms with E-state index in [9.17, 15) is 9.59 Å². The summed E-state index contributed by atoms with van der Waals surface area (Å²) in [6.07, 6.45) is 11.2. The Morgan fingerprint density at radius 3 is 2.85 bits per heavy atom. The van der Waals surface area contributed by atoms with Gasteiger partial charge in [-0.15, -0.1) is 0 Å². The van der Waals surface area contributed by atoms with Crippen LogP contribution < -0.4 is 0 Å². The molecule has 0 bridgehead atoms. The molecular weight excluding hydrogens is 340 g/mol. The van der Waals surface area contributed by atoms with Gasteiger partial charge in [0.25, 0.3) is 0 Å². The number of aliphatic hydroxyl groups is 1. The lowest BCUT2D eigenvalue weighted by atomic mass is 9.49. The Kier molecular flexibility index (Phi) is 4.61. The van der Waals surface area contributed by atoms with Crippen molar-refractivity contribution in [3.63, 3.8) is 0 Å². The lowest BCUT2D eigenvalue weighted by molar-refractivity contribution is -0.162. The minimum Gasteiger partial charge on any atom is -0.461 e. The summed E-state index contributed by atoms with van der Waals surface area (Å²) >= 11 is 0. The van der Waals surface area contributed by atoms with Gasteiger partial charge in [-0.3, -0.25) is 9.59 Å². The molecule has 4 heteroatoms. The zero-order valence-electron chi connectivity index (χ0n) is 16.7. The number of aliphatic hydroxyl groups excluding tert-OH is 1. The van der Waals surface area contributed by atoms with E-state index in [0.717, 1.165) is 25.7 Å². The SMILES string of the molecule is C[C@@H]1C[C@H]2[C@@H]3CC=C4CC(=O)C=C[C@]4(C)[C@H]3CC[C@]2(C)[C@@H]1OC(=O)CCO. The summed E-state index contributed by atoms with van der Waals surface area (Å²) in [7, 11) is 0. The van der Waals surface area contributed by atoms with Gasteiger partial charge in [0.2, 0.25) is 0 Å².